The van der Waals surface area contributed by atoms with Gasteiger partial charge in [0.15, 0.2) is 8.32 Å². The van der Waals surface area contributed by atoms with Crippen molar-refractivity contribution >= 4 is 14.0 Å². The van der Waals surface area contributed by atoms with E-state index in [1.165, 1.54) is 0 Å². The Kier molecular flexibility index (Phi) is 5.81. The first-order valence-corrected chi connectivity index (χ1v) is 10.5. The zero-order chi connectivity index (χ0) is 15.6. The lowest BCUT2D eigenvalue weighted by atomic mass is 9.96. The number of oxime groups is 1. The van der Waals surface area contributed by atoms with Crippen molar-refractivity contribution < 1.29 is 14.4 Å². The largest absolute Gasteiger partial charge is 0.416 e. The SMILES string of the molecule is C[C@H](CO)[C@@H]1CC([C@@H](C)CO[Si](C)(C)C(C)(C)C)=NO1. The minimum atomic E-state index is -1.70. The zero-order valence-electron chi connectivity index (χ0n) is 14.1. The van der Waals surface area contributed by atoms with Gasteiger partial charge in [-0.05, 0) is 18.1 Å². The molecule has 0 bridgehead atoms. The van der Waals surface area contributed by atoms with Crippen LogP contribution in [0.4, 0.5) is 0 Å². The maximum atomic E-state index is 9.17. The monoisotopic (exact) mass is 301 g/mol. The lowest BCUT2D eigenvalue weighted by molar-refractivity contribution is 0.0249. The number of nitrogens with zero attached hydrogens (tertiary/aromatic N) is 1. The van der Waals surface area contributed by atoms with E-state index < -0.39 is 8.32 Å². The number of hydrogen-bond donors (Lipinski definition) is 1. The average molecular weight is 302 g/mol. The van der Waals surface area contributed by atoms with Gasteiger partial charge in [0.2, 0.25) is 0 Å². The molecule has 0 unspecified atom stereocenters. The van der Waals surface area contributed by atoms with Gasteiger partial charge in [0.05, 0.1) is 5.71 Å². The smallest absolute Gasteiger partial charge is 0.192 e. The van der Waals surface area contributed by atoms with Crippen LogP contribution in [0.25, 0.3) is 0 Å². The molecular formula is C15H31NO3Si. The van der Waals surface area contributed by atoms with Crippen molar-refractivity contribution in [1.29, 1.82) is 0 Å². The second-order valence-electron chi connectivity index (χ2n) is 7.56. The summed E-state index contributed by atoms with van der Waals surface area (Å²) < 4.78 is 6.24. The summed E-state index contributed by atoms with van der Waals surface area (Å²) in [5, 5.41) is 13.6. The third kappa shape index (κ3) is 4.30. The van der Waals surface area contributed by atoms with Crippen molar-refractivity contribution in [3.05, 3.63) is 0 Å². The first-order valence-electron chi connectivity index (χ1n) is 7.56. The number of aliphatic hydroxyl groups is 1. The van der Waals surface area contributed by atoms with E-state index >= 15 is 0 Å². The molecule has 0 saturated heterocycles. The second kappa shape index (κ2) is 6.58. The molecule has 1 heterocycles. The highest BCUT2D eigenvalue weighted by molar-refractivity contribution is 6.74. The summed E-state index contributed by atoms with van der Waals surface area (Å²) in [6.07, 6.45) is 0.828. The summed E-state index contributed by atoms with van der Waals surface area (Å²) in [7, 11) is -1.70. The van der Waals surface area contributed by atoms with Crippen LogP contribution in [0.2, 0.25) is 18.1 Å². The zero-order valence-corrected chi connectivity index (χ0v) is 15.1. The molecule has 0 amide bonds. The van der Waals surface area contributed by atoms with Gasteiger partial charge in [0.25, 0.3) is 0 Å². The second-order valence-corrected chi connectivity index (χ2v) is 12.4. The Balaban J connectivity index is 2.47. The van der Waals surface area contributed by atoms with E-state index in [1.807, 2.05) is 6.92 Å². The van der Waals surface area contributed by atoms with Crippen LogP contribution in [-0.2, 0) is 9.26 Å². The normalized spacial score (nSPS) is 23.2. The molecule has 20 heavy (non-hydrogen) atoms. The molecule has 0 aromatic rings. The van der Waals surface area contributed by atoms with Gasteiger partial charge >= 0.3 is 0 Å². The molecule has 0 radical (unpaired) electrons. The lowest BCUT2D eigenvalue weighted by Gasteiger charge is -2.36. The topological polar surface area (TPSA) is 51.0 Å². The van der Waals surface area contributed by atoms with Gasteiger partial charge in [-0.2, -0.15) is 0 Å². The highest BCUT2D eigenvalue weighted by Gasteiger charge is 2.38. The molecule has 3 atom stereocenters. The lowest BCUT2D eigenvalue weighted by Crippen LogP contribution is -2.42. The number of rotatable bonds is 6. The molecule has 0 aromatic carbocycles. The van der Waals surface area contributed by atoms with Gasteiger partial charge in [-0.25, -0.2) is 0 Å². The van der Waals surface area contributed by atoms with E-state index in [0.717, 1.165) is 12.1 Å². The number of hydrogen-bond acceptors (Lipinski definition) is 4. The van der Waals surface area contributed by atoms with E-state index in [4.69, 9.17) is 14.4 Å². The fourth-order valence-electron chi connectivity index (χ4n) is 1.78. The average Bonchev–Trinajstić information content (AvgIpc) is 2.83. The molecule has 0 aliphatic carbocycles. The van der Waals surface area contributed by atoms with Crippen LogP contribution in [0.15, 0.2) is 5.16 Å². The maximum absolute atomic E-state index is 9.17. The summed E-state index contributed by atoms with van der Waals surface area (Å²) in [5.74, 6) is 0.407. The van der Waals surface area contributed by atoms with E-state index in [1.54, 1.807) is 0 Å². The molecule has 0 saturated carbocycles. The maximum Gasteiger partial charge on any atom is 0.192 e. The molecular weight excluding hydrogens is 270 g/mol. The van der Waals surface area contributed by atoms with Gasteiger partial charge < -0.3 is 14.4 Å². The van der Waals surface area contributed by atoms with E-state index in [9.17, 15) is 0 Å². The van der Waals surface area contributed by atoms with E-state index in [0.29, 0.717) is 6.61 Å². The molecule has 1 aliphatic rings. The summed E-state index contributed by atoms with van der Waals surface area (Å²) in [6.45, 7) is 16.3. The third-order valence-corrected chi connectivity index (χ3v) is 9.21. The Morgan fingerprint density at radius 3 is 2.50 bits per heavy atom. The highest BCUT2D eigenvalue weighted by Crippen LogP contribution is 2.37. The van der Waals surface area contributed by atoms with Crippen LogP contribution in [0.3, 0.4) is 0 Å². The molecule has 1 aliphatic heterocycles. The quantitative estimate of drug-likeness (QED) is 0.765. The van der Waals surface area contributed by atoms with Crippen molar-refractivity contribution in [2.24, 2.45) is 17.0 Å². The summed E-state index contributed by atoms with van der Waals surface area (Å²) in [5.41, 5.74) is 1.06. The Labute approximate surface area is 124 Å². The summed E-state index contributed by atoms with van der Waals surface area (Å²) >= 11 is 0. The standard InChI is InChI=1S/C15H31NO3Si/c1-11(9-17)14-8-13(16-19-14)12(2)10-18-20(6,7)15(3,4)5/h11-12,14,17H,8-10H2,1-7H3/t11-,12+,14+/m1/s1. The Hall–Kier alpha value is -0.393. The molecule has 4 nitrogen and oxygen atoms in total. The molecule has 1 rings (SSSR count). The molecule has 1 N–H and O–H groups in total. The first kappa shape index (κ1) is 17.7. The Bertz CT molecular complexity index is 350. The van der Waals surface area contributed by atoms with Crippen LogP contribution < -0.4 is 0 Å². The van der Waals surface area contributed by atoms with Crippen molar-refractivity contribution in [3.63, 3.8) is 0 Å². The van der Waals surface area contributed by atoms with Crippen molar-refractivity contribution in [1.82, 2.24) is 0 Å². The van der Waals surface area contributed by atoms with Gasteiger partial charge in [0.1, 0.15) is 6.10 Å². The Morgan fingerprint density at radius 1 is 1.40 bits per heavy atom. The molecule has 0 spiro atoms. The van der Waals surface area contributed by atoms with Crippen LogP contribution in [0.1, 0.15) is 41.0 Å². The first-order chi connectivity index (χ1) is 9.08. The van der Waals surface area contributed by atoms with E-state index in [-0.39, 0.29) is 29.6 Å². The summed E-state index contributed by atoms with van der Waals surface area (Å²) in [6, 6.07) is 0. The summed E-state index contributed by atoms with van der Waals surface area (Å²) in [4.78, 5) is 5.42. The Morgan fingerprint density at radius 2 is 2.00 bits per heavy atom. The van der Waals surface area contributed by atoms with E-state index in [2.05, 4.69) is 45.9 Å². The predicted octanol–water partition coefficient (Wildman–Crippen LogP) is 3.42. The van der Waals surface area contributed by atoms with Crippen molar-refractivity contribution in [3.8, 4) is 0 Å². The van der Waals surface area contributed by atoms with Gasteiger partial charge in [-0.3, -0.25) is 0 Å². The highest BCUT2D eigenvalue weighted by atomic mass is 28.4. The number of aliphatic hydroxyl groups excluding tert-OH is 1. The minimum absolute atomic E-state index is 0.0188. The van der Waals surface area contributed by atoms with Crippen LogP contribution >= 0.6 is 0 Å². The molecule has 0 aromatic heterocycles. The predicted molar refractivity (Wildman–Crippen MR) is 85.5 cm³/mol. The van der Waals surface area contributed by atoms with Crippen LogP contribution in [0.5, 0.6) is 0 Å². The molecule has 5 heteroatoms. The molecule has 118 valence electrons. The van der Waals surface area contributed by atoms with Crippen LogP contribution in [0, 0.1) is 11.8 Å². The fraction of sp³-hybridized carbons (Fsp3) is 0.933. The van der Waals surface area contributed by atoms with Gasteiger partial charge in [-0.1, -0.05) is 39.8 Å². The fourth-order valence-corrected chi connectivity index (χ4v) is 2.88. The van der Waals surface area contributed by atoms with Gasteiger partial charge in [0, 0.05) is 31.5 Å². The van der Waals surface area contributed by atoms with Crippen LogP contribution in [-0.4, -0.2) is 38.5 Å². The van der Waals surface area contributed by atoms with Gasteiger partial charge in [-0.15, -0.1) is 0 Å². The molecule has 0 fully saturated rings. The minimum Gasteiger partial charge on any atom is -0.416 e. The van der Waals surface area contributed by atoms with Crippen molar-refractivity contribution in [2.75, 3.05) is 13.2 Å². The van der Waals surface area contributed by atoms with Crippen molar-refractivity contribution in [2.45, 2.75) is 65.3 Å². The third-order valence-electron chi connectivity index (χ3n) is 4.71.